The molecule has 0 radical (unpaired) electrons. The number of fused-ring (bicyclic) bond motifs is 7. The molecule has 0 amide bonds. The summed E-state index contributed by atoms with van der Waals surface area (Å²) in [4.78, 5) is 2.46. The average Bonchev–Trinajstić information content (AvgIpc) is 4.05. The number of para-hydroxylation sites is 2. The number of aromatic nitrogens is 1. The number of benzene rings is 12. The van der Waals surface area contributed by atoms with Gasteiger partial charge in [-0.3, -0.25) is 0 Å². The van der Waals surface area contributed by atoms with Crippen molar-refractivity contribution in [2.45, 2.75) is 0 Å². The molecule has 0 saturated heterocycles. The Labute approximate surface area is 428 Å². The number of hydrogen-bond acceptors (Lipinski definition) is 2. The first-order valence-corrected chi connectivity index (χ1v) is 25.8. The molecule has 2 nitrogen and oxygen atoms in total. The van der Waals surface area contributed by atoms with Gasteiger partial charge in [0.25, 0.3) is 0 Å². The Balaban J connectivity index is 0.903. The van der Waals surface area contributed by atoms with Crippen molar-refractivity contribution in [2.75, 3.05) is 4.90 Å². The lowest BCUT2D eigenvalue weighted by Gasteiger charge is -2.27. The maximum atomic E-state index is 2.46. The first-order chi connectivity index (χ1) is 36.2. The molecule has 73 heavy (non-hydrogen) atoms. The van der Waals surface area contributed by atoms with E-state index >= 15 is 0 Å². The Bertz CT molecular complexity index is 4360. The second-order valence-corrected chi connectivity index (χ2v) is 19.9. The van der Waals surface area contributed by atoms with Crippen molar-refractivity contribution >= 4 is 81.1 Å². The molecule has 0 aliphatic rings. The molecule has 12 aromatic carbocycles. The van der Waals surface area contributed by atoms with Crippen LogP contribution in [0.1, 0.15) is 0 Å². The Morgan fingerprint density at radius 1 is 0.301 bits per heavy atom. The smallest absolute Gasteiger partial charge is 0.0555 e. The van der Waals surface area contributed by atoms with Crippen LogP contribution >= 0.6 is 11.3 Å². The predicted octanol–water partition coefficient (Wildman–Crippen LogP) is 20.1. The molecule has 14 rings (SSSR count). The molecule has 342 valence electrons. The van der Waals surface area contributed by atoms with Gasteiger partial charge in [0.05, 0.1) is 16.7 Å². The molecule has 14 aromatic rings. The first kappa shape index (κ1) is 42.6. The van der Waals surface area contributed by atoms with Crippen molar-refractivity contribution < 1.29 is 0 Å². The van der Waals surface area contributed by atoms with Gasteiger partial charge in [0, 0.05) is 48.0 Å². The summed E-state index contributed by atoms with van der Waals surface area (Å²) in [6.07, 6.45) is 0. The highest BCUT2D eigenvalue weighted by atomic mass is 32.1. The second-order valence-electron chi connectivity index (χ2n) is 18.8. The van der Waals surface area contributed by atoms with Crippen molar-refractivity contribution in [3.8, 4) is 61.3 Å². The molecule has 0 saturated carbocycles. The lowest BCUT2D eigenvalue weighted by Crippen LogP contribution is -2.10. The van der Waals surface area contributed by atoms with Gasteiger partial charge in [-0.2, -0.15) is 0 Å². The van der Waals surface area contributed by atoms with Crippen LogP contribution in [0.3, 0.4) is 0 Å². The number of hydrogen-bond donors (Lipinski definition) is 0. The largest absolute Gasteiger partial charge is 0.310 e. The number of rotatable bonds is 9. The second kappa shape index (κ2) is 17.8. The van der Waals surface area contributed by atoms with Crippen LogP contribution in [0.5, 0.6) is 0 Å². The third-order valence-corrected chi connectivity index (χ3v) is 15.8. The van der Waals surface area contributed by atoms with E-state index in [4.69, 9.17) is 0 Å². The van der Waals surface area contributed by atoms with Crippen molar-refractivity contribution in [2.24, 2.45) is 0 Å². The van der Waals surface area contributed by atoms with Crippen molar-refractivity contribution in [3.05, 3.63) is 279 Å². The molecular formula is C70H46N2S. The van der Waals surface area contributed by atoms with E-state index in [9.17, 15) is 0 Å². The van der Waals surface area contributed by atoms with E-state index in [-0.39, 0.29) is 0 Å². The lowest BCUT2D eigenvalue weighted by molar-refractivity contribution is 1.18. The van der Waals surface area contributed by atoms with E-state index in [0.29, 0.717) is 0 Å². The fourth-order valence-corrected chi connectivity index (χ4v) is 12.4. The molecule has 0 bridgehead atoms. The zero-order valence-electron chi connectivity index (χ0n) is 39.9. The van der Waals surface area contributed by atoms with Crippen LogP contribution < -0.4 is 4.90 Å². The minimum atomic E-state index is 1.09. The molecule has 3 heteroatoms. The van der Waals surface area contributed by atoms with Crippen LogP contribution in [-0.2, 0) is 0 Å². The summed E-state index contributed by atoms with van der Waals surface area (Å²) in [7, 11) is 0. The summed E-state index contributed by atoms with van der Waals surface area (Å²) in [5.74, 6) is 0. The quantitative estimate of drug-likeness (QED) is 0.140. The molecule has 2 aromatic heterocycles. The van der Waals surface area contributed by atoms with Crippen LogP contribution in [0.15, 0.2) is 279 Å². The first-order valence-electron chi connectivity index (χ1n) is 25.0. The molecule has 0 N–H and O–H groups in total. The summed E-state index contributed by atoms with van der Waals surface area (Å²) in [6.45, 7) is 0. The maximum absolute atomic E-state index is 2.46. The molecule has 0 atom stereocenters. The molecule has 0 spiro atoms. The van der Waals surface area contributed by atoms with Crippen LogP contribution in [0.25, 0.3) is 114 Å². The van der Waals surface area contributed by atoms with E-state index in [2.05, 4.69) is 289 Å². The molecule has 0 aliphatic heterocycles. The standard InChI is InChI=1S/C70H46N2S/c1-3-18-49(19-4-1)59-43-44-66(69-63-28-12-14-32-67(63)73-70(59)69)71(56-39-35-48(36-40-56)52-21-15-22-53(45-52)54-34-33-47-17-7-8-20-51(47)46-54)57-41-37-50(38-42-57)58-25-9-10-26-60(58)61-29-16-31-65-68(61)62-27-11-13-30-64(62)72(65)55-23-5-2-6-24-55/h1-46H. The Hall–Kier alpha value is -9.28. The van der Waals surface area contributed by atoms with E-state index in [1.54, 1.807) is 0 Å². The summed E-state index contributed by atoms with van der Waals surface area (Å²) in [6, 6.07) is 102. The van der Waals surface area contributed by atoms with Gasteiger partial charge < -0.3 is 9.47 Å². The van der Waals surface area contributed by atoms with Gasteiger partial charge in [-0.25, -0.2) is 0 Å². The SMILES string of the molecule is c1ccc(-c2ccc(N(c3ccc(-c4cccc(-c5ccc6ccccc6c5)c4)cc3)c3ccc(-c4ccccc4-c4cccc5c4c4ccccc4n5-c4ccccc4)cc3)c3c2sc2ccccc23)cc1. The van der Waals surface area contributed by atoms with Crippen LogP contribution in [-0.4, -0.2) is 4.57 Å². The fraction of sp³-hybridized carbons (Fsp3) is 0. The van der Waals surface area contributed by atoms with Gasteiger partial charge in [0.15, 0.2) is 0 Å². The van der Waals surface area contributed by atoms with Crippen LogP contribution in [0, 0.1) is 0 Å². The zero-order chi connectivity index (χ0) is 48.2. The molecule has 2 heterocycles. The zero-order valence-corrected chi connectivity index (χ0v) is 40.7. The monoisotopic (exact) mass is 946 g/mol. The highest BCUT2D eigenvalue weighted by Crippen LogP contribution is 2.49. The van der Waals surface area contributed by atoms with E-state index < -0.39 is 0 Å². The van der Waals surface area contributed by atoms with Crippen molar-refractivity contribution in [3.63, 3.8) is 0 Å². The Kier molecular flexibility index (Phi) is 10.4. The van der Waals surface area contributed by atoms with Crippen LogP contribution in [0.2, 0.25) is 0 Å². The number of nitrogens with zero attached hydrogens (tertiary/aromatic N) is 2. The van der Waals surface area contributed by atoms with Crippen LogP contribution in [0.4, 0.5) is 17.1 Å². The molecule has 0 unspecified atom stereocenters. The third kappa shape index (κ3) is 7.40. The van der Waals surface area contributed by atoms with Gasteiger partial charge >= 0.3 is 0 Å². The van der Waals surface area contributed by atoms with E-state index in [0.717, 1.165) is 28.3 Å². The molecule has 0 fully saturated rings. The third-order valence-electron chi connectivity index (χ3n) is 14.6. The summed E-state index contributed by atoms with van der Waals surface area (Å²) in [5.41, 5.74) is 18.9. The highest BCUT2D eigenvalue weighted by molar-refractivity contribution is 7.26. The minimum absolute atomic E-state index is 1.09. The van der Waals surface area contributed by atoms with Gasteiger partial charge in [-0.05, 0) is 139 Å². The maximum Gasteiger partial charge on any atom is 0.0555 e. The van der Waals surface area contributed by atoms with Gasteiger partial charge in [0.2, 0.25) is 0 Å². The average molecular weight is 947 g/mol. The van der Waals surface area contributed by atoms with Crippen molar-refractivity contribution in [1.82, 2.24) is 4.57 Å². The molecule has 0 aliphatic carbocycles. The number of thiophene rings is 1. The summed E-state index contributed by atoms with van der Waals surface area (Å²) < 4.78 is 4.96. The van der Waals surface area contributed by atoms with Gasteiger partial charge in [0.1, 0.15) is 0 Å². The normalized spacial score (nSPS) is 11.6. The summed E-state index contributed by atoms with van der Waals surface area (Å²) >= 11 is 1.88. The van der Waals surface area contributed by atoms with E-state index in [1.165, 1.54) is 103 Å². The summed E-state index contributed by atoms with van der Waals surface area (Å²) in [5, 5.41) is 7.51. The predicted molar refractivity (Wildman–Crippen MR) is 313 cm³/mol. The fourth-order valence-electron chi connectivity index (χ4n) is 11.2. The lowest BCUT2D eigenvalue weighted by atomic mass is 9.92. The topological polar surface area (TPSA) is 8.17 Å². The number of anilines is 3. The van der Waals surface area contributed by atoms with Gasteiger partial charge in [-0.1, -0.05) is 206 Å². The van der Waals surface area contributed by atoms with Crippen molar-refractivity contribution in [1.29, 1.82) is 0 Å². The Morgan fingerprint density at radius 3 is 1.64 bits per heavy atom. The Morgan fingerprint density at radius 2 is 0.849 bits per heavy atom. The highest BCUT2D eigenvalue weighted by Gasteiger charge is 2.23. The van der Waals surface area contributed by atoms with E-state index in [1.807, 2.05) is 11.3 Å². The minimum Gasteiger partial charge on any atom is -0.310 e. The molecular weight excluding hydrogens is 901 g/mol. The van der Waals surface area contributed by atoms with Gasteiger partial charge in [-0.15, -0.1) is 11.3 Å².